The molecule has 0 radical (unpaired) electrons. The van der Waals surface area contributed by atoms with E-state index in [-0.39, 0.29) is 12.0 Å². The summed E-state index contributed by atoms with van der Waals surface area (Å²) in [6.45, 7) is 4.14. The van der Waals surface area contributed by atoms with E-state index in [2.05, 4.69) is 34.7 Å². The van der Waals surface area contributed by atoms with Crippen LogP contribution in [0, 0.1) is 6.92 Å². The van der Waals surface area contributed by atoms with Crippen molar-refractivity contribution in [1.29, 1.82) is 0 Å². The first-order valence-electron chi connectivity index (χ1n) is 8.35. The Hall–Kier alpha value is -2.40. The molecule has 0 saturated carbocycles. The Morgan fingerprint density at radius 2 is 2.21 bits per heavy atom. The summed E-state index contributed by atoms with van der Waals surface area (Å²) in [5.74, 6) is -0.113. The minimum Gasteiger partial charge on any atom is -0.380 e. The molecule has 1 aromatic heterocycles. The molecule has 5 nitrogen and oxygen atoms in total. The van der Waals surface area contributed by atoms with Crippen molar-refractivity contribution >= 4 is 11.6 Å². The maximum Gasteiger partial charge on any atom is 0.253 e. The van der Waals surface area contributed by atoms with Crippen LogP contribution in [0.25, 0.3) is 0 Å². The van der Waals surface area contributed by atoms with Crippen molar-refractivity contribution in [2.45, 2.75) is 32.4 Å². The van der Waals surface area contributed by atoms with E-state index in [4.69, 9.17) is 4.74 Å². The zero-order valence-corrected chi connectivity index (χ0v) is 13.9. The maximum atomic E-state index is 12.2. The van der Waals surface area contributed by atoms with Gasteiger partial charge in [0.2, 0.25) is 0 Å². The van der Waals surface area contributed by atoms with Crippen LogP contribution in [0.1, 0.15) is 34.3 Å². The van der Waals surface area contributed by atoms with Crippen LogP contribution in [0.3, 0.4) is 0 Å². The van der Waals surface area contributed by atoms with Crippen LogP contribution in [0.15, 0.2) is 42.7 Å². The first-order valence-corrected chi connectivity index (χ1v) is 8.35. The third-order valence-corrected chi connectivity index (χ3v) is 4.26. The maximum absolute atomic E-state index is 12.2. The van der Waals surface area contributed by atoms with Crippen molar-refractivity contribution in [1.82, 2.24) is 10.3 Å². The summed E-state index contributed by atoms with van der Waals surface area (Å²) in [6, 6.07) is 10.1. The number of pyridine rings is 1. The molecular weight excluding hydrogens is 302 g/mol. The van der Waals surface area contributed by atoms with Gasteiger partial charge in [0.15, 0.2) is 0 Å². The number of nitrogens with zero attached hydrogens (tertiary/aromatic N) is 1. The number of aromatic nitrogens is 1. The second-order valence-corrected chi connectivity index (χ2v) is 6.09. The fourth-order valence-electron chi connectivity index (χ4n) is 2.78. The lowest BCUT2D eigenvalue weighted by Crippen LogP contribution is -2.31. The quantitative estimate of drug-likeness (QED) is 0.857. The van der Waals surface area contributed by atoms with E-state index in [1.807, 2.05) is 18.2 Å². The molecule has 3 rings (SSSR count). The average molecular weight is 325 g/mol. The van der Waals surface area contributed by atoms with Gasteiger partial charge in [-0.05, 0) is 37.0 Å². The van der Waals surface area contributed by atoms with Crippen LogP contribution in [-0.4, -0.2) is 30.1 Å². The zero-order chi connectivity index (χ0) is 16.8. The van der Waals surface area contributed by atoms with E-state index in [0.29, 0.717) is 18.7 Å². The van der Waals surface area contributed by atoms with Gasteiger partial charge in [-0.1, -0.05) is 24.3 Å². The lowest BCUT2D eigenvalue weighted by atomic mass is 10.1. The van der Waals surface area contributed by atoms with Gasteiger partial charge >= 0.3 is 0 Å². The predicted octanol–water partition coefficient (Wildman–Crippen LogP) is 2.91. The Labute approximate surface area is 142 Å². The Balaban J connectivity index is 1.57. The molecule has 1 aliphatic rings. The molecule has 0 spiro atoms. The number of anilines is 1. The highest BCUT2D eigenvalue weighted by atomic mass is 16.5. The lowest BCUT2D eigenvalue weighted by Gasteiger charge is -2.12. The molecule has 1 amide bonds. The highest BCUT2D eigenvalue weighted by molar-refractivity contribution is 5.94. The molecule has 1 atom stereocenters. The molecule has 1 unspecified atom stereocenters. The van der Waals surface area contributed by atoms with Gasteiger partial charge in [-0.15, -0.1) is 0 Å². The van der Waals surface area contributed by atoms with Crippen LogP contribution >= 0.6 is 0 Å². The third-order valence-electron chi connectivity index (χ3n) is 4.26. The van der Waals surface area contributed by atoms with E-state index in [1.165, 1.54) is 11.1 Å². The molecule has 0 bridgehead atoms. The summed E-state index contributed by atoms with van der Waals surface area (Å²) in [7, 11) is 0. The zero-order valence-electron chi connectivity index (χ0n) is 13.9. The number of amides is 1. The number of benzene rings is 1. The van der Waals surface area contributed by atoms with Crippen molar-refractivity contribution in [2.24, 2.45) is 0 Å². The molecule has 1 aromatic carbocycles. The van der Waals surface area contributed by atoms with Crippen molar-refractivity contribution in [3.05, 3.63) is 59.4 Å². The molecule has 2 aromatic rings. The van der Waals surface area contributed by atoms with Crippen LogP contribution in [-0.2, 0) is 11.3 Å². The highest BCUT2D eigenvalue weighted by Crippen LogP contribution is 2.14. The predicted molar refractivity (Wildman–Crippen MR) is 94.0 cm³/mol. The van der Waals surface area contributed by atoms with Crippen molar-refractivity contribution in [3.8, 4) is 0 Å². The highest BCUT2D eigenvalue weighted by Gasteiger charge is 2.16. The summed E-state index contributed by atoms with van der Waals surface area (Å²) >= 11 is 0. The van der Waals surface area contributed by atoms with Gasteiger partial charge in [-0.25, -0.2) is 0 Å². The third kappa shape index (κ3) is 4.32. The van der Waals surface area contributed by atoms with Gasteiger partial charge in [0, 0.05) is 32.1 Å². The second-order valence-electron chi connectivity index (χ2n) is 6.09. The van der Waals surface area contributed by atoms with Crippen LogP contribution in [0.4, 0.5) is 5.69 Å². The largest absolute Gasteiger partial charge is 0.380 e. The number of hydrogen-bond donors (Lipinski definition) is 2. The molecule has 24 heavy (non-hydrogen) atoms. The fourth-order valence-corrected chi connectivity index (χ4v) is 2.78. The van der Waals surface area contributed by atoms with Crippen molar-refractivity contribution in [3.63, 3.8) is 0 Å². The Morgan fingerprint density at radius 1 is 1.33 bits per heavy atom. The second kappa shape index (κ2) is 7.93. The number of nitrogens with one attached hydrogen (secondary N) is 2. The van der Waals surface area contributed by atoms with Gasteiger partial charge in [0.05, 0.1) is 17.4 Å². The molecule has 2 N–H and O–H groups in total. The number of aryl methyl sites for hydroxylation is 1. The molecule has 126 valence electrons. The minimum atomic E-state index is -0.113. The normalized spacial score (nSPS) is 16.8. The summed E-state index contributed by atoms with van der Waals surface area (Å²) in [4.78, 5) is 16.4. The molecule has 1 aliphatic heterocycles. The summed E-state index contributed by atoms with van der Waals surface area (Å²) in [5.41, 5.74) is 3.86. The molecule has 1 saturated heterocycles. The monoisotopic (exact) mass is 325 g/mol. The van der Waals surface area contributed by atoms with Gasteiger partial charge in [0.25, 0.3) is 5.91 Å². The van der Waals surface area contributed by atoms with Gasteiger partial charge in [-0.3, -0.25) is 9.78 Å². The smallest absolute Gasteiger partial charge is 0.253 e. The Morgan fingerprint density at radius 3 is 3.00 bits per heavy atom. The summed E-state index contributed by atoms with van der Waals surface area (Å²) in [5, 5.41) is 6.25. The van der Waals surface area contributed by atoms with Crippen molar-refractivity contribution in [2.75, 3.05) is 18.5 Å². The van der Waals surface area contributed by atoms with E-state index in [1.54, 1.807) is 12.4 Å². The van der Waals surface area contributed by atoms with Gasteiger partial charge in [-0.2, -0.15) is 0 Å². The standard InChI is InChI=1S/C19H23N3O2/c1-14-5-2-3-6-15(14)11-21-17-9-16(10-20-12-17)19(23)22-13-18-7-4-8-24-18/h2-3,5-6,9-10,12,18,21H,4,7-8,11,13H2,1H3,(H,22,23). The van der Waals surface area contributed by atoms with Crippen LogP contribution < -0.4 is 10.6 Å². The Kier molecular flexibility index (Phi) is 5.43. The number of carbonyl (C=O) groups excluding carboxylic acids is 1. The van der Waals surface area contributed by atoms with Gasteiger partial charge in [0.1, 0.15) is 0 Å². The van der Waals surface area contributed by atoms with E-state index in [0.717, 1.165) is 25.1 Å². The summed E-state index contributed by atoms with van der Waals surface area (Å²) in [6.07, 6.45) is 5.54. The number of carbonyl (C=O) groups is 1. The molecular formula is C19H23N3O2. The molecule has 1 fully saturated rings. The lowest BCUT2D eigenvalue weighted by molar-refractivity contribution is 0.0857. The Bertz CT molecular complexity index is 697. The first kappa shape index (κ1) is 16.5. The average Bonchev–Trinajstić information content (AvgIpc) is 3.13. The van der Waals surface area contributed by atoms with Crippen LogP contribution in [0.2, 0.25) is 0 Å². The number of hydrogen-bond acceptors (Lipinski definition) is 4. The molecule has 0 aliphatic carbocycles. The fraction of sp³-hybridized carbons (Fsp3) is 0.368. The summed E-state index contributed by atoms with van der Waals surface area (Å²) < 4.78 is 5.52. The van der Waals surface area contributed by atoms with Gasteiger partial charge < -0.3 is 15.4 Å². The number of ether oxygens (including phenoxy) is 1. The minimum absolute atomic E-state index is 0.113. The van der Waals surface area contributed by atoms with E-state index >= 15 is 0 Å². The molecule has 2 heterocycles. The number of rotatable bonds is 6. The SMILES string of the molecule is Cc1ccccc1CNc1cncc(C(=O)NCC2CCCO2)c1. The topological polar surface area (TPSA) is 63.2 Å². The first-order chi connectivity index (χ1) is 11.7. The van der Waals surface area contributed by atoms with Crippen LogP contribution in [0.5, 0.6) is 0 Å². The van der Waals surface area contributed by atoms with E-state index in [9.17, 15) is 4.79 Å². The van der Waals surface area contributed by atoms with Crippen molar-refractivity contribution < 1.29 is 9.53 Å². The molecule has 5 heteroatoms. The van der Waals surface area contributed by atoms with E-state index < -0.39 is 0 Å².